The molecule has 0 aliphatic carbocycles. The Labute approximate surface area is 123 Å². The summed E-state index contributed by atoms with van der Waals surface area (Å²) in [5, 5.41) is 3.87. The molecule has 0 spiro atoms. The van der Waals surface area contributed by atoms with Crippen LogP contribution in [0.25, 0.3) is 0 Å². The molecule has 2 heterocycles. The number of nitrogens with zero attached hydrogens (tertiary/aromatic N) is 2. The topological polar surface area (TPSA) is 80.5 Å². The molecular formula is C13H22N4O2S. The molecule has 1 fully saturated rings. The lowest BCUT2D eigenvalue weighted by molar-refractivity contribution is -0.0584. The van der Waals surface area contributed by atoms with E-state index < -0.39 is 0 Å². The van der Waals surface area contributed by atoms with E-state index in [2.05, 4.69) is 17.2 Å². The molecule has 0 saturated carbocycles. The minimum absolute atomic E-state index is 0.0495. The maximum atomic E-state index is 12.5. The molecule has 6 nitrogen and oxygen atoms in total. The van der Waals surface area contributed by atoms with Crippen molar-refractivity contribution in [1.29, 1.82) is 0 Å². The second kappa shape index (κ2) is 6.41. The molecular weight excluding hydrogens is 276 g/mol. The molecule has 1 saturated heterocycles. The van der Waals surface area contributed by atoms with Gasteiger partial charge in [0.15, 0.2) is 5.13 Å². The first-order valence-corrected chi connectivity index (χ1v) is 7.77. The number of thiazole rings is 1. The second-order valence-electron chi connectivity index (χ2n) is 5.13. The van der Waals surface area contributed by atoms with Crippen molar-refractivity contribution in [2.24, 2.45) is 0 Å². The molecule has 112 valence electrons. The lowest BCUT2D eigenvalue weighted by Crippen LogP contribution is -2.48. The SMILES string of the molecule is CCCNc1nc(N)c(C(=O)N2CC(C)OC(C)C2)s1. The van der Waals surface area contributed by atoms with Gasteiger partial charge >= 0.3 is 0 Å². The monoisotopic (exact) mass is 298 g/mol. The van der Waals surface area contributed by atoms with Crippen LogP contribution in [0.15, 0.2) is 0 Å². The average Bonchev–Trinajstić information content (AvgIpc) is 2.75. The molecule has 1 aromatic rings. The zero-order chi connectivity index (χ0) is 14.7. The maximum Gasteiger partial charge on any atom is 0.268 e. The summed E-state index contributed by atoms with van der Waals surface area (Å²) in [7, 11) is 0. The number of hydrogen-bond acceptors (Lipinski definition) is 6. The Kier molecular flexibility index (Phi) is 4.82. The Morgan fingerprint density at radius 3 is 2.75 bits per heavy atom. The first-order valence-electron chi connectivity index (χ1n) is 6.96. The molecule has 2 atom stereocenters. The number of morpholine rings is 1. The summed E-state index contributed by atoms with van der Waals surface area (Å²) < 4.78 is 5.64. The number of nitrogens with one attached hydrogen (secondary N) is 1. The van der Waals surface area contributed by atoms with Crippen LogP contribution in [0.5, 0.6) is 0 Å². The molecule has 1 aliphatic heterocycles. The maximum absolute atomic E-state index is 12.5. The van der Waals surface area contributed by atoms with Crippen LogP contribution in [0.1, 0.15) is 36.9 Å². The summed E-state index contributed by atoms with van der Waals surface area (Å²) in [6, 6.07) is 0. The Morgan fingerprint density at radius 1 is 1.50 bits per heavy atom. The van der Waals surface area contributed by atoms with Crippen molar-refractivity contribution in [3.63, 3.8) is 0 Å². The average molecular weight is 298 g/mol. The highest BCUT2D eigenvalue weighted by Crippen LogP contribution is 2.27. The number of rotatable bonds is 4. The van der Waals surface area contributed by atoms with Gasteiger partial charge in [0.2, 0.25) is 0 Å². The summed E-state index contributed by atoms with van der Waals surface area (Å²) in [5.74, 6) is 0.261. The number of carbonyl (C=O) groups excluding carboxylic acids is 1. The zero-order valence-electron chi connectivity index (χ0n) is 12.2. The van der Waals surface area contributed by atoms with Gasteiger partial charge in [-0.15, -0.1) is 0 Å². The number of nitrogen functional groups attached to an aromatic ring is 1. The van der Waals surface area contributed by atoms with E-state index >= 15 is 0 Å². The van der Waals surface area contributed by atoms with E-state index in [1.54, 1.807) is 4.90 Å². The highest BCUT2D eigenvalue weighted by atomic mass is 32.1. The first-order chi connectivity index (χ1) is 9.51. The minimum Gasteiger partial charge on any atom is -0.382 e. The smallest absolute Gasteiger partial charge is 0.268 e. The molecule has 0 bridgehead atoms. The Morgan fingerprint density at radius 2 is 2.15 bits per heavy atom. The third-order valence-electron chi connectivity index (χ3n) is 3.08. The van der Waals surface area contributed by atoms with Crippen molar-refractivity contribution >= 4 is 28.2 Å². The molecule has 3 N–H and O–H groups in total. The van der Waals surface area contributed by atoms with Crippen molar-refractivity contribution < 1.29 is 9.53 Å². The van der Waals surface area contributed by atoms with Crippen LogP contribution in [0.2, 0.25) is 0 Å². The summed E-state index contributed by atoms with van der Waals surface area (Å²) in [6.45, 7) is 8.04. The lowest BCUT2D eigenvalue weighted by Gasteiger charge is -2.35. The molecule has 7 heteroatoms. The van der Waals surface area contributed by atoms with Crippen molar-refractivity contribution in [1.82, 2.24) is 9.88 Å². The number of aromatic nitrogens is 1. The summed E-state index contributed by atoms with van der Waals surface area (Å²) >= 11 is 1.32. The first kappa shape index (κ1) is 15.1. The summed E-state index contributed by atoms with van der Waals surface area (Å²) in [5.41, 5.74) is 5.87. The quantitative estimate of drug-likeness (QED) is 0.886. The molecule has 0 aromatic carbocycles. The van der Waals surface area contributed by atoms with Crippen molar-refractivity contribution in [3.8, 4) is 0 Å². The van der Waals surface area contributed by atoms with Crippen LogP contribution < -0.4 is 11.1 Å². The van der Waals surface area contributed by atoms with Gasteiger partial charge in [0.25, 0.3) is 5.91 Å². The number of carbonyl (C=O) groups is 1. The van der Waals surface area contributed by atoms with E-state index in [0.29, 0.717) is 28.9 Å². The predicted octanol–water partition coefficient (Wildman–Crippen LogP) is 1.80. The molecule has 20 heavy (non-hydrogen) atoms. The normalized spacial score (nSPS) is 22.9. The van der Waals surface area contributed by atoms with Gasteiger partial charge in [0.05, 0.1) is 12.2 Å². The number of anilines is 2. The number of ether oxygens (including phenoxy) is 1. The summed E-state index contributed by atoms with van der Waals surface area (Å²) in [4.78, 5) is 19.1. The predicted molar refractivity (Wildman–Crippen MR) is 81.2 cm³/mol. The van der Waals surface area contributed by atoms with E-state index in [9.17, 15) is 4.79 Å². The van der Waals surface area contributed by atoms with E-state index in [1.807, 2.05) is 13.8 Å². The van der Waals surface area contributed by atoms with Gasteiger partial charge in [-0.2, -0.15) is 0 Å². The largest absolute Gasteiger partial charge is 0.382 e. The highest BCUT2D eigenvalue weighted by molar-refractivity contribution is 7.18. The van der Waals surface area contributed by atoms with Gasteiger partial charge in [0, 0.05) is 19.6 Å². The van der Waals surface area contributed by atoms with Gasteiger partial charge < -0.3 is 20.7 Å². The van der Waals surface area contributed by atoms with Gasteiger partial charge in [-0.1, -0.05) is 18.3 Å². The fourth-order valence-corrected chi connectivity index (χ4v) is 3.16. The van der Waals surface area contributed by atoms with Gasteiger partial charge in [-0.3, -0.25) is 4.79 Å². The van der Waals surface area contributed by atoms with Crippen LogP contribution in [-0.2, 0) is 4.74 Å². The Balaban J connectivity index is 2.10. The van der Waals surface area contributed by atoms with Crippen molar-refractivity contribution in [2.45, 2.75) is 39.4 Å². The number of hydrogen-bond donors (Lipinski definition) is 2. The fourth-order valence-electron chi connectivity index (χ4n) is 2.28. The van der Waals surface area contributed by atoms with Gasteiger partial charge in [0.1, 0.15) is 10.7 Å². The fraction of sp³-hybridized carbons (Fsp3) is 0.692. The van der Waals surface area contributed by atoms with E-state index in [1.165, 1.54) is 11.3 Å². The van der Waals surface area contributed by atoms with Crippen molar-refractivity contribution in [2.75, 3.05) is 30.7 Å². The molecule has 2 unspecified atom stereocenters. The zero-order valence-corrected chi connectivity index (χ0v) is 13.0. The number of amides is 1. The van der Waals surface area contributed by atoms with E-state index in [0.717, 1.165) is 13.0 Å². The number of nitrogens with two attached hydrogens (primary N) is 1. The molecule has 1 aliphatic rings. The lowest BCUT2D eigenvalue weighted by atomic mass is 10.2. The Bertz CT molecular complexity index is 467. The third-order valence-corrected chi connectivity index (χ3v) is 4.10. The third kappa shape index (κ3) is 3.40. The van der Waals surface area contributed by atoms with Crippen molar-refractivity contribution in [3.05, 3.63) is 4.88 Å². The standard InChI is InChI=1S/C13H22N4O2S/c1-4-5-15-13-16-11(14)10(20-13)12(18)17-6-8(2)19-9(3)7-17/h8-9H,4-7,14H2,1-3H3,(H,15,16). The summed E-state index contributed by atoms with van der Waals surface area (Å²) in [6.07, 6.45) is 1.10. The molecule has 2 rings (SSSR count). The van der Waals surface area contributed by atoms with Crippen LogP contribution in [-0.4, -0.2) is 47.6 Å². The van der Waals surface area contributed by atoms with E-state index in [4.69, 9.17) is 10.5 Å². The Hall–Kier alpha value is -1.34. The second-order valence-corrected chi connectivity index (χ2v) is 6.13. The minimum atomic E-state index is -0.0495. The van der Waals surface area contributed by atoms with Crippen LogP contribution >= 0.6 is 11.3 Å². The molecule has 1 aromatic heterocycles. The van der Waals surface area contributed by atoms with Crippen LogP contribution in [0.4, 0.5) is 10.9 Å². The van der Waals surface area contributed by atoms with Crippen LogP contribution in [0, 0.1) is 0 Å². The molecule has 0 radical (unpaired) electrons. The van der Waals surface area contributed by atoms with Gasteiger partial charge in [-0.05, 0) is 20.3 Å². The van der Waals surface area contributed by atoms with Gasteiger partial charge in [-0.25, -0.2) is 4.98 Å². The van der Waals surface area contributed by atoms with Crippen LogP contribution in [0.3, 0.4) is 0 Å². The molecule has 1 amide bonds. The highest BCUT2D eigenvalue weighted by Gasteiger charge is 2.29. The van der Waals surface area contributed by atoms with E-state index in [-0.39, 0.29) is 18.1 Å².